The molecule has 0 N–H and O–H groups in total. The van der Waals surface area contributed by atoms with E-state index in [0.29, 0.717) is 0 Å². The van der Waals surface area contributed by atoms with Crippen molar-refractivity contribution in [3.63, 3.8) is 0 Å². The minimum absolute atomic E-state index is 0.937. The maximum absolute atomic E-state index is 7.86. The summed E-state index contributed by atoms with van der Waals surface area (Å²) in [6.45, 7) is 0. The molecular weight excluding hydrogens is 807 g/mol. The molecule has 2 heterocycles. The number of hydrogen-bond acceptors (Lipinski definition) is 1. The van der Waals surface area contributed by atoms with Gasteiger partial charge in [-0.1, -0.05) is 237 Å². The summed E-state index contributed by atoms with van der Waals surface area (Å²) in [6.07, 6.45) is 0. The van der Waals surface area contributed by atoms with Crippen molar-refractivity contribution in [2.45, 2.75) is 0 Å². The Kier molecular flexibility index (Phi) is 9.22. The highest BCUT2D eigenvalue weighted by molar-refractivity contribution is 7.21. The smallest absolute Gasteiger partial charge is 0.184 e. The second kappa shape index (κ2) is 15.5. The first-order valence-corrected chi connectivity index (χ1v) is 26.1. The Morgan fingerprint density at radius 1 is 0.266 bits per heavy atom. The highest BCUT2D eigenvalue weighted by Gasteiger charge is 2.46. The lowest BCUT2D eigenvalue weighted by Crippen LogP contribution is -2.75. The summed E-state index contributed by atoms with van der Waals surface area (Å²) in [7, 11) is -6.17. The Labute approximate surface area is 375 Å². The molecule has 0 unspecified atom stereocenters. The summed E-state index contributed by atoms with van der Waals surface area (Å²) in [5.41, 5.74) is 5.35. The van der Waals surface area contributed by atoms with Crippen LogP contribution in [0, 0.1) is 0 Å². The lowest BCUT2D eigenvalue weighted by atomic mass is 10.1. The van der Waals surface area contributed by atoms with Crippen LogP contribution in [0.25, 0.3) is 49.4 Å². The van der Waals surface area contributed by atoms with Gasteiger partial charge in [-0.25, -0.2) is 0 Å². The second-order valence-corrected chi connectivity index (χ2v) is 24.3. The van der Waals surface area contributed by atoms with Crippen LogP contribution >= 0.6 is 0 Å². The van der Waals surface area contributed by atoms with Gasteiger partial charge in [0.2, 0.25) is 0 Å². The van der Waals surface area contributed by atoms with Crippen molar-refractivity contribution in [2.75, 3.05) is 0 Å². The lowest BCUT2D eigenvalue weighted by molar-refractivity contribution is 0.673. The summed E-state index contributed by atoms with van der Waals surface area (Å²) in [5.74, 6) is 0. The molecule has 0 aliphatic carbocycles. The van der Waals surface area contributed by atoms with Gasteiger partial charge in [0.25, 0.3) is 0 Å². The third-order valence-corrected chi connectivity index (χ3v) is 23.0. The van der Waals surface area contributed by atoms with E-state index in [1.807, 2.05) is 0 Å². The fourth-order valence-corrected chi connectivity index (χ4v) is 20.6. The summed E-state index contributed by atoms with van der Waals surface area (Å²) in [6, 6.07) is 96.7. The van der Waals surface area contributed by atoms with Crippen LogP contribution in [0.4, 0.5) is 0 Å². The molecule has 0 spiro atoms. The van der Waals surface area contributed by atoms with Crippen molar-refractivity contribution in [3.05, 3.63) is 261 Å². The summed E-state index contributed by atoms with van der Waals surface area (Å²) < 4.78 is 10.3. The molecule has 0 aliphatic rings. The monoisotopic (exact) mass is 849 g/mol. The third-order valence-electron chi connectivity index (χ3n) is 13.5. The zero-order valence-electron chi connectivity index (χ0n) is 35.2. The van der Waals surface area contributed by atoms with E-state index in [2.05, 4.69) is 265 Å². The Bertz CT molecular complexity index is 3340. The molecule has 64 heavy (non-hydrogen) atoms. The van der Waals surface area contributed by atoms with Crippen molar-refractivity contribution in [1.29, 1.82) is 0 Å². The van der Waals surface area contributed by atoms with E-state index in [1.54, 1.807) is 0 Å². The fourth-order valence-electron chi connectivity index (χ4n) is 10.9. The van der Waals surface area contributed by atoms with E-state index in [-0.39, 0.29) is 0 Å². The first-order valence-electron chi connectivity index (χ1n) is 22.1. The fraction of sp³-hybridized carbons (Fsp3) is 0. The molecule has 0 radical (unpaired) electrons. The number of furan rings is 1. The van der Waals surface area contributed by atoms with Crippen molar-refractivity contribution in [2.24, 2.45) is 0 Å². The molecule has 10 aromatic carbocycles. The van der Waals surface area contributed by atoms with Gasteiger partial charge < -0.3 is 8.98 Å². The van der Waals surface area contributed by atoms with Crippen LogP contribution in [0.5, 0.6) is 0 Å². The van der Waals surface area contributed by atoms with Gasteiger partial charge in [-0.15, -0.1) is 0 Å². The lowest BCUT2D eigenvalue weighted by Gasteiger charge is -2.35. The minimum Gasteiger partial charge on any atom is -0.456 e. The molecule has 0 atom stereocenters. The minimum atomic E-state index is -3.16. The van der Waals surface area contributed by atoms with Crippen LogP contribution in [-0.4, -0.2) is 20.7 Å². The molecule has 2 nitrogen and oxygen atoms in total. The van der Waals surface area contributed by atoms with Gasteiger partial charge in [-0.05, 0) is 65.8 Å². The number of aromatic nitrogens is 1. The first kappa shape index (κ1) is 38.0. The van der Waals surface area contributed by atoms with Gasteiger partial charge in [0, 0.05) is 27.2 Å². The molecular formula is C60H43NOSi2. The normalized spacial score (nSPS) is 12.1. The average molecular weight is 850 g/mol. The number of rotatable bonds is 9. The van der Waals surface area contributed by atoms with E-state index in [1.165, 1.54) is 63.3 Å². The predicted octanol–water partition coefficient (Wildman–Crippen LogP) is 9.44. The zero-order valence-corrected chi connectivity index (χ0v) is 37.2. The molecule has 12 rings (SSSR count). The number of para-hydroxylation sites is 3. The van der Waals surface area contributed by atoms with E-state index in [9.17, 15) is 0 Å². The average Bonchev–Trinajstić information content (AvgIpc) is 3.93. The molecule has 0 fully saturated rings. The quantitative estimate of drug-likeness (QED) is 0.105. The largest absolute Gasteiger partial charge is 0.456 e. The Morgan fingerprint density at radius 2 is 0.594 bits per heavy atom. The van der Waals surface area contributed by atoms with E-state index in [4.69, 9.17) is 4.42 Å². The van der Waals surface area contributed by atoms with Crippen LogP contribution in [0.1, 0.15) is 0 Å². The maximum atomic E-state index is 7.86. The van der Waals surface area contributed by atoms with Crippen LogP contribution in [0.2, 0.25) is 0 Å². The summed E-state index contributed by atoms with van der Waals surface area (Å²) in [5, 5.41) is 15.0. The van der Waals surface area contributed by atoms with Gasteiger partial charge in [0.1, 0.15) is 11.2 Å². The molecule has 0 bridgehead atoms. The Balaban J connectivity index is 1.30. The number of fused-ring (bicyclic) bond motifs is 6. The number of hydrogen-bond donors (Lipinski definition) is 0. The zero-order chi connectivity index (χ0) is 42.5. The van der Waals surface area contributed by atoms with Gasteiger partial charge in [-0.2, -0.15) is 0 Å². The van der Waals surface area contributed by atoms with E-state index >= 15 is 0 Å². The van der Waals surface area contributed by atoms with Crippen LogP contribution in [0.3, 0.4) is 0 Å². The molecule has 12 aromatic rings. The topological polar surface area (TPSA) is 18.1 Å². The maximum Gasteiger partial charge on any atom is 0.184 e. The molecule has 0 saturated heterocycles. The van der Waals surface area contributed by atoms with Crippen molar-refractivity contribution >= 4 is 101 Å². The van der Waals surface area contributed by atoms with E-state index < -0.39 is 16.1 Å². The molecule has 0 aliphatic heterocycles. The highest BCUT2D eigenvalue weighted by atomic mass is 28.3. The standard InChI is InChI=1S/C60H43NOSi2/c1-7-24-45(25-8-1)63(46-26-9-2-10-27-46,47-28-11-3-12-29-47)57-41-23-38-53-54-42-44(61-55-39-21-19-36-51(55)52-37-20-22-40-56(52)61)43-58(60(54)62-59(53)57)64(48-30-13-4-14-31-48,49-32-15-5-16-33-49)50-34-17-6-18-35-50/h1-43H. The van der Waals surface area contributed by atoms with Gasteiger partial charge >= 0.3 is 0 Å². The van der Waals surface area contributed by atoms with Crippen molar-refractivity contribution < 1.29 is 4.42 Å². The van der Waals surface area contributed by atoms with Gasteiger partial charge in [-0.3, -0.25) is 0 Å². The number of nitrogens with zero attached hydrogens (tertiary/aromatic N) is 1. The highest BCUT2D eigenvalue weighted by Crippen LogP contribution is 2.36. The SMILES string of the molecule is c1ccc([Si](c2ccccc2)(c2ccccc2)c2cccc3c2oc2c([Si](c4ccccc4)(c4ccccc4)c4ccccc4)cc(-n4c5ccccc5c5ccccc54)cc23)cc1. The molecule has 0 amide bonds. The molecule has 2 aromatic heterocycles. The number of benzene rings is 10. The molecule has 4 heteroatoms. The summed E-state index contributed by atoms with van der Waals surface area (Å²) in [4.78, 5) is 0. The van der Waals surface area contributed by atoms with Crippen LogP contribution in [0.15, 0.2) is 265 Å². The first-order chi connectivity index (χ1) is 31.8. The van der Waals surface area contributed by atoms with E-state index in [0.717, 1.165) is 27.6 Å². The molecule has 302 valence electrons. The molecule has 0 saturated carbocycles. The van der Waals surface area contributed by atoms with Crippen molar-refractivity contribution in [1.82, 2.24) is 4.57 Å². The Hall–Kier alpha value is -7.77. The van der Waals surface area contributed by atoms with Gasteiger partial charge in [0.05, 0.1) is 11.0 Å². The Morgan fingerprint density at radius 3 is 1.00 bits per heavy atom. The second-order valence-electron chi connectivity index (χ2n) is 16.7. The van der Waals surface area contributed by atoms with Crippen LogP contribution < -0.4 is 41.5 Å². The summed E-state index contributed by atoms with van der Waals surface area (Å²) >= 11 is 0. The van der Waals surface area contributed by atoms with Crippen LogP contribution in [-0.2, 0) is 0 Å². The predicted molar refractivity (Wildman–Crippen MR) is 275 cm³/mol. The third kappa shape index (κ3) is 5.70. The van der Waals surface area contributed by atoms with Gasteiger partial charge in [0.15, 0.2) is 16.1 Å². The van der Waals surface area contributed by atoms with Crippen molar-refractivity contribution in [3.8, 4) is 5.69 Å².